The molecule has 1 aliphatic heterocycles. The lowest BCUT2D eigenvalue weighted by Crippen LogP contribution is -2.36. The van der Waals surface area contributed by atoms with Gasteiger partial charge in [-0.05, 0) is 44.2 Å². The Balaban J connectivity index is 1.65. The summed E-state index contributed by atoms with van der Waals surface area (Å²) in [6.45, 7) is 2.56. The molecule has 0 bridgehead atoms. The summed E-state index contributed by atoms with van der Waals surface area (Å²) in [7, 11) is -3.06. The van der Waals surface area contributed by atoms with Gasteiger partial charge < -0.3 is 5.32 Å². The maximum atomic E-state index is 12.0. The maximum Gasteiger partial charge on any atom is 0.211 e. The third-order valence-corrected chi connectivity index (χ3v) is 6.07. The van der Waals surface area contributed by atoms with Gasteiger partial charge in [-0.15, -0.1) is 0 Å². The van der Waals surface area contributed by atoms with Crippen LogP contribution in [0.1, 0.15) is 51.4 Å². The highest BCUT2D eigenvalue weighted by Gasteiger charge is 2.21. The predicted octanol–water partition coefficient (Wildman–Crippen LogP) is 1.88. The summed E-state index contributed by atoms with van der Waals surface area (Å²) in [6.07, 6.45) is 9.58. The molecule has 0 radical (unpaired) electrons. The predicted molar refractivity (Wildman–Crippen MR) is 78.6 cm³/mol. The molecule has 0 atom stereocenters. The van der Waals surface area contributed by atoms with Crippen LogP contribution in [0, 0.1) is 11.8 Å². The van der Waals surface area contributed by atoms with Gasteiger partial charge in [0, 0.05) is 6.54 Å². The zero-order valence-electron chi connectivity index (χ0n) is 11.9. The highest BCUT2D eigenvalue weighted by atomic mass is 32.2. The van der Waals surface area contributed by atoms with Crippen molar-refractivity contribution in [3.05, 3.63) is 0 Å². The zero-order valence-corrected chi connectivity index (χ0v) is 12.7. The molecule has 1 saturated heterocycles. The van der Waals surface area contributed by atoms with E-state index in [0.717, 1.165) is 38.3 Å². The van der Waals surface area contributed by atoms with Gasteiger partial charge in [-0.3, -0.25) is 0 Å². The van der Waals surface area contributed by atoms with Crippen molar-refractivity contribution >= 4 is 10.0 Å². The second kappa shape index (κ2) is 7.60. The summed E-state index contributed by atoms with van der Waals surface area (Å²) in [5, 5.41) is 3.27. The molecule has 0 aromatic heterocycles. The SMILES string of the molecule is O=S(=O)(CC1CCNCC1)NCCC1CCCCC1. The molecule has 1 heterocycles. The third-order valence-electron chi connectivity index (χ3n) is 4.51. The van der Waals surface area contributed by atoms with Crippen LogP contribution in [0.4, 0.5) is 0 Å². The van der Waals surface area contributed by atoms with Crippen LogP contribution < -0.4 is 10.0 Å². The Morgan fingerprint density at radius 1 is 0.947 bits per heavy atom. The van der Waals surface area contributed by atoms with Crippen LogP contribution >= 0.6 is 0 Å². The van der Waals surface area contributed by atoms with Gasteiger partial charge in [0.15, 0.2) is 0 Å². The van der Waals surface area contributed by atoms with Gasteiger partial charge in [-0.25, -0.2) is 13.1 Å². The minimum absolute atomic E-state index is 0.319. The Morgan fingerprint density at radius 3 is 2.32 bits per heavy atom. The normalized spacial score (nSPS) is 23.6. The Hall–Kier alpha value is -0.130. The Kier molecular flexibility index (Phi) is 6.10. The van der Waals surface area contributed by atoms with Gasteiger partial charge in [0.2, 0.25) is 10.0 Å². The fraction of sp³-hybridized carbons (Fsp3) is 1.00. The first-order valence-electron chi connectivity index (χ1n) is 7.84. The molecule has 1 saturated carbocycles. The summed E-state index contributed by atoms with van der Waals surface area (Å²) >= 11 is 0. The largest absolute Gasteiger partial charge is 0.317 e. The molecule has 5 heteroatoms. The first-order chi connectivity index (χ1) is 9.16. The van der Waals surface area contributed by atoms with Crippen LogP contribution in [0.15, 0.2) is 0 Å². The van der Waals surface area contributed by atoms with E-state index >= 15 is 0 Å². The monoisotopic (exact) mass is 288 g/mol. The Morgan fingerprint density at radius 2 is 1.63 bits per heavy atom. The molecule has 0 unspecified atom stereocenters. The highest BCUT2D eigenvalue weighted by molar-refractivity contribution is 7.89. The maximum absolute atomic E-state index is 12.0. The quantitative estimate of drug-likeness (QED) is 0.784. The van der Waals surface area contributed by atoms with Crippen LogP contribution in [0.25, 0.3) is 0 Å². The van der Waals surface area contributed by atoms with Crippen molar-refractivity contribution in [1.29, 1.82) is 0 Å². The average Bonchev–Trinajstić information content (AvgIpc) is 2.40. The van der Waals surface area contributed by atoms with Gasteiger partial charge in [0.05, 0.1) is 5.75 Å². The molecule has 19 heavy (non-hydrogen) atoms. The summed E-state index contributed by atoms with van der Waals surface area (Å²) in [5.41, 5.74) is 0. The van der Waals surface area contributed by atoms with Crippen LogP contribution in [0.2, 0.25) is 0 Å². The molecule has 2 fully saturated rings. The minimum Gasteiger partial charge on any atom is -0.317 e. The van der Waals surface area contributed by atoms with E-state index in [1.54, 1.807) is 0 Å². The van der Waals surface area contributed by atoms with Crippen molar-refractivity contribution in [2.45, 2.75) is 51.4 Å². The molecular formula is C14H28N2O2S. The standard InChI is InChI=1S/C14H28N2O2S/c17-19(18,12-14-6-9-15-10-7-14)16-11-8-13-4-2-1-3-5-13/h13-16H,1-12H2. The number of sulfonamides is 1. The molecule has 0 aromatic rings. The van der Waals surface area contributed by atoms with Gasteiger partial charge in [-0.2, -0.15) is 0 Å². The van der Waals surface area contributed by atoms with Crippen molar-refractivity contribution in [3.63, 3.8) is 0 Å². The van der Waals surface area contributed by atoms with Gasteiger partial charge in [0.1, 0.15) is 0 Å². The summed E-state index contributed by atoms with van der Waals surface area (Å²) in [6, 6.07) is 0. The fourth-order valence-electron chi connectivity index (χ4n) is 3.31. The van der Waals surface area contributed by atoms with Crippen LogP contribution in [0.5, 0.6) is 0 Å². The zero-order chi connectivity index (χ0) is 13.6. The number of nitrogens with one attached hydrogen (secondary N) is 2. The van der Waals surface area contributed by atoms with Crippen molar-refractivity contribution in [3.8, 4) is 0 Å². The number of hydrogen-bond acceptors (Lipinski definition) is 3. The lowest BCUT2D eigenvalue weighted by Gasteiger charge is -2.23. The molecule has 4 nitrogen and oxygen atoms in total. The second-order valence-electron chi connectivity index (χ2n) is 6.16. The van der Waals surface area contributed by atoms with Crippen molar-refractivity contribution in [2.24, 2.45) is 11.8 Å². The van der Waals surface area contributed by atoms with E-state index in [1.165, 1.54) is 32.1 Å². The van der Waals surface area contributed by atoms with Gasteiger partial charge in [-0.1, -0.05) is 32.1 Å². The highest BCUT2D eigenvalue weighted by Crippen LogP contribution is 2.25. The molecule has 0 amide bonds. The van der Waals surface area contributed by atoms with E-state index in [0.29, 0.717) is 18.2 Å². The van der Waals surface area contributed by atoms with Crippen molar-refractivity contribution in [1.82, 2.24) is 10.0 Å². The van der Waals surface area contributed by atoms with E-state index < -0.39 is 10.0 Å². The van der Waals surface area contributed by atoms with Crippen LogP contribution in [0.3, 0.4) is 0 Å². The molecule has 2 rings (SSSR count). The van der Waals surface area contributed by atoms with E-state index in [1.807, 2.05) is 0 Å². The second-order valence-corrected chi connectivity index (χ2v) is 8.01. The Labute approximate surface area is 117 Å². The van der Waals surface area contributed by atoms with Gasteiger partial charge in [0.25, 0.3) is 0 Å². The number of rotatable bonds is 6. The first kappa shape index (κ1) is 15.3. The van der Waals surface area contributed by atoms with Gasteiger partial charge >= 0.3 is 0 Å². The molecule has 1 aliphatic carbocycles. The minimum atomic E-state index is -3.06. The van der Waals surface area contributed by atoms with Crippen LogP contribution in [-0.2, 0) is 10.0 Å². The molecule has 0 aromatic carbocycles. The summed E-state index contributed by atoms with van der Waals surface area (Å²) in [4.78, 5) is 0. The summed E-state index contributed by atoms with van der Waals surface area (Å²) in [5.74, 6) is 1.41. The van der Waals surface area contributed by atoms with Crippen molar-refractivity contribution < 1.29 is 8.42 Å². The van der Waals surface area contributed by atoms with E-state index in [2.05, 4.69) is 10.0 Å². The first-order valence-corrected chi connectivity index (χ1v) is 9.49. The number of hydrogen-bond donors (Lipinski definition) is 2. The Bertz CT molecular complexity index is 344. The molecular weight excluding hydrogens is 260 g/mol. The molecule has 2 aliphatic rings. The van der Waals surface area contributed by atoms with E-state index in [9.17, 15) is 8.42 Å². The molecule has 112 valence electrons. The van der Waals surface area contributed by atoms with E-state index in [-0.39, 0.29) is 0 Å². The molecule has 2 N–H and O–H groups in total. The lowest BCUT2D eigenvalue weighted by molar-refractivity contribution is 0.339. The van der Waals surface area contributed by atoms with E-state index in [4.69, 9.17) is 0 Å². The summed E-state index contributed by atoms with van der Waals surface area (Å²) < 4.78 is 26.8. The topological polar surface area (TPSA) is 58.2 Å². The average molecular weight is 288 g/mol. The molecule has 0 spiro atoms. The van der Waals surface area contributed by atoms with Crippen molar-refractivity contribution in [2.75, 3.05) is 25.4 Å². The van der Waals surface area contributed by atoms with Crippen LogP contribution in [-0.4, -0.2) is 33.8 Å². The lowest BCUT2D eigenvalue weighted by atomic mass is 9.87. The third kappa shape index (κ3) is 5.79. The smallest absolute Gasteiger partial charge is 0.211 e. The fourth-order valence-corrected chi connectivity index (χ4v) is 4.81. The number of piperidine rings is 1.